The molecule has 0 fully saturated rings. The number of ether oxygens (including phenoxy) is 1. The van der Waals surface area contributed by atoms with E-state index in [0.29, 0.717) is 5.92 Å². The highest BCUT2D eigenvalue weighted by Gasteiger charge is 2.09. The number of rotatable bonds is 5. The molecule has 2 heteroatoms. The van der Waals surface area contributed by atoms with Gasteiger partial charge >= 0.3 is 0 Å². The molecule has 0 aliphatic heterocycles. The van der Waals surface area contributed by atoms with E-state index in [0.717, 1.165) is 18.6 Å². The van der Waals surface area contributed by atoms with Gasteiger partial charge in [0.25, 0.3) is 0 Å². The van der Waals surface area contributed by atoms with Crippen LogP contribution in [0.2, 0.25) is 0 Å². The lowest BCUT2D eigenvalue weighted by Crippen LogP contribution is -2.09. The predicted octanol–water partition coefficient (Wildman–Crippen LogP) is 2.64. The molecule has 0 saturated carbocycles. The van der Waals surface area contributed by atoms with Gasteiger partial charge in [-0.2, -0.15) is 0 Å². The number of methoxy groups -OCH3 is 1. The van der Waals surface area contributed by atoms with Crippen LogP contribution in [0.4, 0.5) is 0 Å². The second-order valence-corrected chi connectivity index (χ2v) is 4.21. The first-order valence-corrected chi connectivity index (χ1v) is 5.43. The lowest BCUT2D eigenvalue weighted by molar-refractivity contribution is 0.164. The van der Waals surface area contributed by atoms with Crippen molar-refractivity contribution in [2.24, 2.45) is 5.92 Å². The summed E-state index contributed by atoms with van der Waals surface area (Å²) < 4.78 is 5.29. The summed E-state index contributed by atoms with van der Waals surface area (Å²) in [5.74, 6) is 1.41. The molecular weight excluding hydrogens is 188 g/mol. The quantitative estimate of drug-likeness (QED) is 0.806. The SMILES string of the molecule is COc1ccccc1CC(C)CC(C)O. The van der Waals surface area contributed by atoms with E-state index in [1.54, 1.807) is 7.11 Å². The van der Waals surface area contributed by atoms with Crippen LogP contribution in [-0.4, -0.2) is 18.3 Å². The maximum absolute atomic E-state index is 9.30. The summed E-state index contributed by atoms with van der Waals surface area (Å²) in [6, 6.07) is 8.05. The Hall–Kier alpha value is -1.02. The van der Waals surface area contributed by atoms with Crippen LogP contribution >= 0.6 is 0 Å². The van der Waals surface area contributed by atoms with E-state index < -0.39 is 0 Å². The van der Waals surface area contributed by atoms with Crippen LogP contribution in [0.3, 0.4) is 0 Å². The molecule has 0 bridgehead atoms. The first kappa shape index (κ1) is 12.1. The zero-order valence-corrected chi connectivity index (χ0v) is 9.73. The summed E-state index contributed by atoms with van der Waals surface area (Å²) in [6.45, 7) is 3.98. The van der Waals surface area contributed by atoms with Crippen molar-refractivity contribution < 1.29 is 9.84 Å². The molecule has 0 saturated heterocycles. The van der Waals surface area contributed by atoms with Gasteiger partial charge in [0.15, 0.2) is 0 Å². The van der Waals surface area contributed by atoms with Crippen LogP contribution in [0, 0.1) is 5.92 Å². The Balaban J connectivity index is 2.63. The zero-order chi connectivity index (χ0) is 11.3. The summed E-state index contributed by atoms with van der Waals surface area (Å²) in [7, 11) is 1.69. The molecular formula is C13H20O2. The monoisotopic (exact) mass is 208 g/mol. The van der Waals surface area contributed by atoms with Crippen LogP contribution in [0.25, 0.3) is 0 Å². The third kappa shape index (κ3) is 3.92. The van der Waals surface area contributed by atoms with Gasteiger partial charge in [-0.25, -0.2) is 0 Å². The Labute approximate surface area is 91.9 Å². The highest BCUT2D eigenvalue weighted by atomic mass is 16.5. The van der Waals surface area contributed by atoms with Gasteiger partial charge in [-0.15, -0.1) is 0 Å². The Kier molecular flexibility index (Phi) is 4.63. The van der Waals surface area contributed by atoms with Gasteiger partial charge < -0.3 is 9.84 Å². The van der Waals surface area contributed by atoms with Crippen molar-refractivity contribution in [3.63, 3.8) is 0 Å². The zero-order valence-electron chi connectivity index (χ0n) is 9.73. The fourth-order valence-corrected chi connectivity index (χ4v) is 1.91. The van der Waals surface area contributed by atoms with E-state index in [9.17, 15) is 5.11 Å². The molecule has 1 aromatic rings. The Morgan fingerprint density at radius 1 is 1.27 bits per heavy atom. The average Bonchev–Trinajstić information content (AvgIpc) is 2.17. The van der Waals surface area contributed by atoms with Crippen molar-refractivity contribution in [3.05, 3.63) is 29.8 Å². The molecule has 0 heterocycles. The van der Waals surface area contributed by atoms with Crippen LogP contribution < -0.4 is 4.74 Å². The third-order valence-corrected chi connectivity index (χ3v) is 2.50. The molecule has 0 aliphatic carbocycles. The van der Waals surface area contributed by atoms with E-state index in [-0.39, 0.29) is 6.10 Å². The molecule has 2 atom stereocenters. The van der Waals surface area contributed by atoms with Crippen molar-refractivity contribution in [2.45, 2.75) is 32.8 Å². The maximum atomic E-state index is 9.30. The maximum Gasteiger partial charge on any atom is 0.122 e. The largest absolute Gasteiger partial charge is 0.496 e. The molecule has 84 valence electrons. The molecule has 1 rings (SSSR count). The van der Waals surface area contributed by atoms with Gasteiger partial charge in [-0.3, -0.25) is 0 Å². The van der Waals surface area contributed by atoms with Crippen molar-refractivity contribution in [2.75, 3.05) is 7.11 Å². The van der Waals surface area contributed by atoms with Crippen LogP contribution in [0.1, 0.15) is 25.8 Å². The normalized spacial score (nSPS) is 14.7. The van der Waals surface area contributed by atoms with Gasteiger partial charge in [0, 0.05) is 0 Å². The van der Waals surface area contributed by atoms with Crippen LogP contribution in [-0.2, 0) is 6.42 Å². The number of aliphatic hydroxyl groups excluding tert-OH is 1. The topological polar surface area (TPSA) is 29.5 Å². The summed E-state index contributed by atoms with van der Waals surface area (Å²) >= 11 is 0. The van der Waals surface area contributed by atoms with E-state index in [1.165, 1.54) is 5.56 Å². The number of hydrogen-bond donors (Lipinski definition) is 1. The smallest absolute Gasteiger partial charge is 0.122 e. The highest BCUT2D eigenvalue weighted by Crippen LogP contribution is 2.22. The number of para-hydroxylation sites is 1. The van der Waals surface area contributed by atoms with E-state index in [1.807, 2.05) is 25.1 Å². The number of aliphatic hydroxyl groups is 1. The van der Waals surface area contributed by atoms with E-state index in [4.69, 9.17) is 4.74 Å². The predicted molar refractivity (Wildman–Crippen MR) is 62.2 cm³/mol. The van der Waals surface area contributed by atoms with Gasteiger partial charge in [-0.1, -0.05) is 25.1 Å². The Morgan fingerprint density at radius 2 is 1.93 bits per heavy atom. The summed E-state index contributed by atoms with van der Waals surface area (Å²) in [5, 5.41) is 9.30. The lowest BCUT2D eigenvalue weighted by atomic mass is 9.95. The van der Waals surface area contributed by atoms with E-state index in [2.05, 4.69) is 13.0 Å². The molecule has 1 N–H and O–H groups in total. The Bertz CT molecular complexity index is 294. The van der Waals surface area contributed by atoms with Crippen molar-refractivity contribution in [1.29, 1.82) is 0 Å². The fraction of sp³-hybridized carbons (Fsp3) is 0.538. The fourth-order valence-electron chi connectivity index (χ4n) is 1.91. The van der Waals surface area contributed by atoms with Crippen molar-refractivity contribution >= 4 is 0 Å². The molecule has 0 aromatic heterocycles. The Morgan fingerprint density at radius 3 is 2.53 bits per heavy atom. The minimum Gasteiger partial charge on any atom is -0.496 e. The second-order valence-electron chi connectivity index (χ2n) is 4.21. The minimum atomic E-state index is -0.227. The number of benzene rings is 1. The standard InChI is InChI=1S/C13H20O2/c1-10(8-11(2)14)9-12-6-4-5-7-13(12)15-3/h4-7,10-11,14H,8-9H2,1-3H3. The lowest BCUT2D eigenvalue weighted by Gasteiger charge is -2.15. The molecule has 15 heavy (non-hydrogen) atoms. The van der Waals surface area contributed by atoms with Crippen molar-refractivity contribution in [3.8, 4) is 5.75 Å². The number of hydrogen-bond acceptors (Lipinski definition) is 2. The first-order chi connectivity index (χ1) is 7.13. The summed E-state index contributed by atoms with van der Waals surface area (Å²) in [6.07, 6.45) is 1.56. The molecule has 1 aromatic carbocycles. The molecule has 0 radical (unpaired) electrons. The molecule has 2 nitrogen and oxygen atoms in total. The molecule has 2 unspecified atom stereocenters. The van der Waals surface area contributed by atoms with Crippen LogP contribution in [0.5, 0.6) is 5.75 Å². The molecule has 0 aliphatic rings. The third-order valence-electron chi connectivity index (χ3n) is 2.50. The molecule has 0 amide bonds. The minimum absolute atomic E-state index is 0.227. The summed E-state index contributed by atoms with van der Waals surface area (Å²) in [5.41, 5.74) is 1.22. The first-order valence-electron chi connectivity index (χ1n) is 5.43. The van der Waals surface area contributed by atoms with Gasteiger partial charge in [0.2, 0.25) is 0 Å². The summed E-state index contributed by atoms with van der Waals surface area (Å²) in [4.78, 5) is 0. The van der Waals surface area contributed by atoms with Gasteiger partial charge in [0.05, 0.1) is 13.2 Å². The van der Waals surface area contributed by atoms with Gasteiger partial charge in [-0.05, 0) is 37.3 Å². The second kappa shape index (κ2) is 5.76. The molecule has 0 spiro atoms. The van der Waals surface area contributed by atoms with Gasteiger partial charge in [0.1, 0.15) is 5.75 Å². The van der Waals surface area contributed by atoms with E-state index >= 15 is 0 Å². The highest BCUT2D eigenvalue weighted by molar-refractivity contribution is 5.33. The average molecular weight is 208 g/mol. The van der Waals surface area contributed by atoms with Crippen LogP contribution in [0.15, 0.2) is 24.3 Å². The van der Waals surface area contributed by atoms with Crippen molar-refractivity contribution in [1.82, 2.24) is 0 Å².